The number of aromatic amines is 1. The minimum Gasteiger partial charge on any atom is -0.357 e. The van der Waals surface area contributed by atoms with Crippen LogP contribution >= 0.6 is 23.1 Å². The molecule has 0 saturated heterocycles. The first-order chi connectivity index (χ1) is 14.0. The topological polar surface area (TPSA) is 134 Å². The van der Waals surface area contributed by atoms with E-state index in [4.69, 9.17) is 5.90 Å². The number of nitrogens with two attached hydrogens (primary N) is 1. The molecule has 0 atom stereocenters. The molecule has 3 rings (SSSR count). The number of benzene rings is 1. The largest absolute Gasteiger partial charge is 0.430 e. The normalized spacial score (nSPS) is 10.2. The van der Waals surface area contributed by atoms with E-state index in [1.54, 1.807) is 6.07 Å². The van der Waals surface area contributed by atoms with E-state index >= 15 is 0 Å². The third-order valence-corrected chi connectivity index (χ3v) is 5.60. The second-order valence-electron chi connectivity index (χ2n) is 5.68. The standard InChI is InChI=1S/C19H15N5O3S2/c1-11(22-19(26)27-21)13-5-2-4-12(8-13)10-29-18-23-16(15-6-3-7-28-15)14(9-20)17(25)24-18/h2-8H,1,10,21H2,(H,22,26)(H,23,24,25). The number of nitrogens with zero attached hydrogens (tertiary/aromatic N) is 2. The zero-order chi connectivity index (χ0) is 20.8. The number of aromatic nitrogens is 2. The molecule has 1 amide bonds. The van der Waals surface area contributed by atoms with E-state index in [0.29, 0.717) is 27.9 Å². The molecule has 0 bridgehead atoms. The fraction of sp³-hybridized carbons (Fsp3) is 0.0526. The number of thioether (sulfide) groups is 1. The van der Waals surface area contributed by atoms with Gasteiger partial charge < -0.3 is 9.82 Å². The van der Waals surface area contributed by atoms with E-state index in [9.17, 15) is 14.9 Å². The highest BCUT2D eigenvalue weighted by Crippen LogP contribution is 2.27. The fourth-order valence-electron chi connectivity index (χ4n) is 2.44. The van der Waals surface area contributed by atoms with E-state index in [-0.39, 0.29) is 5.56 Å². The summed E-state index contributed by atoms with van der Waals surface area (Å²) in [6.45, 7) is 3.78. The quantitative estimate of drug-likeness (QED) is 0.313. The molecule has 0 aliphatic carbocycles. The van der Waals surface area contributed by atoms with Gasteiger partial charge in [-0.1, -0.05) is 42.6 Å². The molecule has 2 aromatic heterocycles. The van der Waals surface area contributed by atoms with E-state index in [1.165, 1.54) is 23.1 Å². The summed E-state index contributed by atoms with van der Waals surface area (Å²) < 4.78 is 0. The summed E-state index contributed by atoms with van der Waals surface area (Å²) in [7, 11) is 0. The predicted octanol–water partition coefficient (Wildman–Crippen LogP) is 3.23. The van der Waals surface area contributed by atoms with Gasteiger partial charge in [-0.25, -0.2) is 9.78 Å². The van der Waals surface area contributed by atoms with Crippen molar-refractivity contribution in [1.82, 2.24) is 15.3 Å². The van der Waals surface area contributed by atoms with E-state index in [1.807, 2.05) is 41.8 Å². The first-order valence-corrected chi connectivity index (χ1v) is 10.1. The number of thiophene rings is 1. The van der Waals surface area contributed by atoms with Crippen molar-refractivity contribution in [2.45, 2.75) is 10.9 Å². The van der Waals surface area contributed by atoms with Crippen molar-refractivity contribution < 1.29 is 9.63 Å². The molecule has 0 aliphatic rings. The zero-order valence-electron chi connectivity index (χ0n) is 15.0. The van der Waals surface area contributed by atoms with Crippen LogP contribution in [0.1, 0.15) is 16.7 Å². The number of carbonyl (C=O) groups is 1. The molecule has 29 heavy (non-hydrogen) atoms. The number of H-pyrrole nitrogens is 1. The van der Waals surface area contributed by atoms with Crippen LogP contribution in [0.15, 0.2) is 58.3 Å². The van der Waals surface area contributed by atoms with Crippen molar-refractivity contribution in [3.8, 4) is 16.6 Å². The van der Waals surface area contributed by atoms with Gasteiger partial charge >= 0.3 is 6.09 Å². The van der Waals surface area contributed by atoms with Gasteiger partial charge in [-0.05, 0) is 28.6 Å². The number of nitriles is 1. The Labute approximate surface area is 174 Å². The molecule has 0 unspecified atom stereocenters. The van der Waals surface area contributed by atoms with Crippen LogP contribution in [0.4, 0.5) is 4.79 Å². The van der Waals surface area contributed by atoms with Crippen LogP contribution in [-0.4, -0.2) is 16.1 Å². The Hall–Kier alpha value is -3.39. The first-order valence-electron chi connectivity index (χ1n) is 8.19. The Balaban J connectivity index is 1.80. The number of amides is 1. The van der Waals surface area contributed by atoms with Crippen LogP contribution in [0.2, 0.25) is 0 Å². The van der Waals surface area contributed by atoms with Crippen molar-refractivity contribution in [3.05, 3.63) is 75.4 Å². The maximum Gasteiger partial charge on any atom is 0.430 e. The second kappa shape index (κ2) is 9.20. The average Bonchev–Trinajstić information content (AvgIpc) is 3.26. The highest BCUT2D eigenvalue weighted by Gasteiger charge is 2.14. The highest BCUT2D eigenvalue weighted by atomic mass is 32.2. The van der Waals surface area contributed by atoms with E-state index < -0.39 is 11.7 Å². The molecule has 2 heterocycles. The molecule has 10 heteroatoms. The van der Waals surface area contributed by atoms with Crippen molar-refractivity contribution in [2.24, 2.45) is 5.90 Å². The molecular formula is C19H15N5O3S2. The lowest BCUT2D eigenvalue weighted by molar-refractivity contribution is 0.152. The lowest BCUT2D eigenvalue weighted by Crippen LogP contribution is -2.24. The van der Waals surface area contributed by atoms with Gasteiger partial charge in [-0.2, -0.15) is 11.2 Å². The fourth-order valence-corrected chi connectivity index (χ4v) is 3.97. The van der Waals surface area contributed by atoms with Crippen molar-refractivity contribution in [2.75, 3.05) is 0 Å². The smallest absolute Gasteiger partial charge is 0.357 e. The molecule has 0 spiro atoms. The van der Waals surface area contributed by atoms with Crippen molar-refractivity contribution >= 4 is 34.9 Å². The second-order valence-corrected chi connectivity index (χ2v) is 7.59. The van der Waals surface area contributed by atoms with Gasteiger partial charge in [-0.15, -0.1) is 11.3 Å². The minimum absolute atomic E-state index is 0.00652. The van der Waals surface area contributed by atoms with Crippen LogP contribution in [-0.2, 0) is 10.6 Å². The summed E-state index contributed by atoms with van der Waals surface area (Å²) in [6, 6.07) is 12.9. The predicted molar refractivity (Wildman–Crippen MR) is 112 cm³/mol. The first kappa shape index (κ1) is 20.3. The monoisotopic (exact) mass is 425 g/mol. The average molecular weight is 425 g/mol. The Morgan fingerprint density at radius 2 is 2.24 bits per heavy atom. The lowest BCUT2D eigenvalue weighted by Gasteiger charge is -2.09. The summed E-state index contributed by atoms with van der Waals surface area (Å²) in [4.78, 5) is 35.4. The summed E-state index contributed by atoms with van der Waals surface area (Å²) in [5.41, 5.74) is 1.85. The molecule has 0 radical (unpaired) electrons. The summed E-state index contributed by atoms with van der Waals surface area (Å²) in [6.07, 6.45) is -0.810. The number of hydrogen-bond acceptors (Lipinski definition) is 8. The third-order valence-electron chi connectivity index (χ3n) is 3.78. The lowest BCUT2D eigenvalue weighted by atomic mass is 10.1. The van der Waals surface area contributed by atoms with E-state index in [2.05, 4.69) is 26.7 Å². The number of carbonyl (C=O) groups excluding carboxylic acids is 1. The summed E-state index contributed by atoms with van der Waals surface area (Å²) >= 11 is 2.73. The molecule has 0 aliphatic heterocycles. The van der Waals surface area contributed by atoms with Crippen molar-refractivity contribution in [1.29, 1.82) is 5.26 Å². The minimum atomic E-state index is -0.810. The molecular weight excluding hydrogens is 410 g/mol. The molecule has 1 aromatic carbocycles. The summed E-state index contributed by atoms with van der Waals surface area (Å²) in [5.74, 6) is 5.31. The van der Waals surface area contributed by atoms with Gasteiger partial charge in [0.25, 0.3) is 5.56 Å². The zero-order valence-corrected chi connectivity index (χ0v) is 16.6. The van der Waals surface area contributed by atoms with Crippen LogP contribution in [0.3, 0.4) is 0 Å². The Kier molecular flexibility index (Phi) is 6.46. The number of rotatable bonds is 6. The number of hydrogen-bond donors (Lipinski definition) is 3. The SMILES string of the molecule is C=C(NC(=O)ON)c1cccc(CSc2nc(-c3cccs3)c(C#N)c(=O)[nH]2)c1. The molecule has 0 fully saturated rings. The van der Waals surface area contributed by atoms with Crippen LogP contribution in [0.25, 0.3) is 16.3 Å². The molecule has 146 valence electrons. The highest BCUT2D eigenvalue weighted by molar-refractivity contribution is 7.98. The van der Waals surface area contributed by atoms with Crippen molar-refractivity contribution in [3.63, 3.8) is 0 Å². The van der Waals surface area contributed by atoms with Crippen LogP contribution in [0, 0.1) is 11.3 Å². The Morgan fingerprint density at radius 3 is 2.93 bits per heavy atom. The Bertz CT molecular complexity index is 1150. The maximum atomic E-state index is 12.3. The third kappa shape index (κ3) is 4.91. The Morgan fingerprint density at radius 1 is 1.41 bits per heavy atom. The molecule has 4 N–H and O–H groups in total. The summed E-state index contributed by atoms with van der Waals surface area (Å²) in [5, 5.41) is 14.0. The molecule has 3 aromatic rings. The molecule has 0 saturated carbocycles. The molecule has 8 nitrogen and oxygen atoms in total. The number of nitrogens with one attached hydrogen (secondary N) is 2. The van der Waals surface area contributed by atoms with Gasteiger partial charge in [0.05, 0.1) is 4.88 Å². The van der Waals surface area contributed by atoms with Gasteiger partial charge in [0, 0.05) is 11.4 Å². The van der Waals surface area contributed by atoms with Gasteiger partial charge in [-0.3, -0.25) is 10.1 Å². The van der Waals surface area contributed by atoms with Gasteiger partial charge in [0.2, 0.25) is 0 Å². The maximum absolute atomic E-state index is 12.3. The van der Waals surface area contributed by atoms with E-state index in [0.717, 1.165) is 10.4 Å². The van der Waals surface area contributed by atoms with Gasteiger partial charge in [0.1, 0.15) is 17.3 Å². The van der Waals surface area contributed by atoms with Crippen LogP contribution < -0.4 is 16.8 Å². The van der Waals surface area contributed by atoms with Crippen LogP contribution in [0.5, 0.6) is 0 Å². The van der Waals surface area contributed by atoms with Gasteiger partial charge in [0.15, 0.2) is 5.16 Å².